The zero-order chi connectivity index (χ0) is 20.4. The van der Waals surface area contributed by atoms with Crippen molar-refractivity contribution in [3.63, 3.8) is 0 Å². The molecule has 29 heavy (non-hydrogen) atoms. The van der Waals surface area contributed by atoms with E-state index in [2.05, 4.69) is 5.10 Å². The fourth-order valence-electron chi connectivity index (χ4n) is 3.28. The fraction of sp³-hybridized carbons (Fsp3) is 0.190. The summed E-state index contributed by atoms with van der Waals surface area (Å²) in [6, 6.07) is 16.1. The Morgan fingerprint density at radius 2 is 1.83 bits per heavy atom. The third-order valence-electron chi connectivity index (χ3n) is 4.74. The van der Waals surface area contributed by atoms with Crippen LogP contribution in [0.25, 0.3) is 5.69 Å². The van der Waals surface area contributed by atoms with Crippen LogP contribution in [0, 0.1) is 5.82 Å². The van der Waals surface area contributed by atoms with Crippen molar-refractivity contribution in [2.75, 3.05) is 19.7 Å². The summed E-state index contributed by atoms with van der Waals surface area (Å²) in [5.74, 6) is -1.89. The first-order chi connectivity index (χ1) is 14.0. The second kappa shape index (κ2) is 7.84. The summed E-state index contributed by atoms with van der Waals surface area (Å²) in [7, 11) is 0. The largest absolute Gasteiger partial charge is 0.476 e. The summed E-state index contributed by atoms with van der Waals surface area (Å²) in [6.45, 7) is 0.949. The van der Waals surface area contributed by atoms with Crippen molar-refractivity contribution in [2.24, 2.45) is 0 Å². The number of hydrogen-bond acceptors (Lipinski definition) is 4. The Kier molecular flexibility index (Phi) is 5.09. The maximum atomic E-state index is 13.2. The van der Waals surface area contributed by atoms with Crippen molar-refractivity contribution >= 4 is 11.9 Å². The van der Waals surface area contributed by atoms with Crippen molar-refractivity contribution in [3.8, 4) is 5.69 Å². The molecule has 1 aliphatic rings. The number of benzene rings is 2. The summed E-state index contributed by atoms with van der Waals surface area (Å²) < 4.78 is 20.3. The quantitative estimate of drug-likeness (QED) is 0.734. The smallest absolute Gasteiger partial charge is 0.356 e. The standard InChI is InChI=1S/C21H18FN3O4/c22-15-8-6-14(7-9-15)19-13-24(10-11-29-19)20(26)18-12-17(21(27)28)23-25(18)16-4-2-1-3-5-16/h1-9,12,19H,10-11,13H2,(H,27,28). The molecule has 7 nitrogen and oxygen atoms in total. The van der Waals surface area contributed by atoms with Crippen molar-refractivity contribution in [1.82, 2.24) is 14.7 Å². The van der Waals surface area contributed by atoms with Crippen LogP contribution in [-0.2, 0) is 4.74 Å². The molecule has 1 aromatic heterocycles. The van der Waals surface area contributed by atoms with Gasteiger partial charge in [-0.25, -0.2) is 13.9 Å². The Bertz CT molecular complexity index is 1030. The van der Waals surface area contributed by atoms with Crippen molar-refractivity contribution in [3.05, 3.63) is 83.4 Å². The first-order valence-corrected chi connectivity index (χ1v) is 9.08. The lowest BCUT2D eigenvalue weighted by Gasteiger charge is -2.33. The van der Waals surface area contributed by atoms with Gasteiger partial charge in [0.1, 0.15) is 17.6 Å². The summed E-state index contributed by atoms with van der Waals surface area (Å²) in [4.78, 5) is 26.2. The number of nitrogens with zero attached hydrogens (tertiary/aromatic N) is 3. The lowest BCUT2D eigenvalue weighted by molar-refractivity contribution is -0.0231. The average molecular weight is 395 g/mol. The summed E-state index contributed by atoms with van der Waals surface area (Å²) >= 11 is 0. The van der Waals surface area contributed by atoms with Gasteiger partial charge in [-0.15, -0.1) is 0 Å². The highest BCUT2D eigenvalue weighted by atomic mass is 19.1. The minimum atomic E-state index is -1.21. The highest BCUT2D eigenvalue weighted by Gasteiger charge is 2.29. The molecule has 1 saturated heterocycles. The first kappa shape index (κ1) is 18.8. The van der Waals surface area contributed by atoms with Crippen LogP contribution >= 0.6 is 0 Å². The summed E-state index contributed by atoms with van der Waals surface area (Å²) in [5.41, 5.74) is 1.31. The Morgan fingerprint density at radius 3 is 2.52 bits per heavy atom. The van der Waals surface area contributed by atoms with Gasteiger partial charge in [-0.1, -0.05) is 30.3 Å². The number of rotatable bonds is 4. The van der Waals surface area contributed by atoms with Gasteiger partial charge in [0.15, 0.2) is 5.69 Å². The lowest BCUT2D eigenvalue weighted by atomic mass is 10.1. The van der Waals surface area contributed by atoms with Crippen molar-refractivity contribution in [1.29, 1.82) is 0 Å². The molecule has 2 heterocycles. The topological polar surface area (TPSA) is 84.7 Å². The van der Waals surface area contributed by atoms with Crippen LogP contribution in [0.1, 0.15) is 32.6 Å². The number of aromatic carboxylic acids is 1. The van der Waals surface area contributed by atoms with Gasteiger partial charge in [-0.05, 0) is 29.8 Å². The molecule has 1 aliphatic heterocycles. The number of morpholine rings is 1. The predicted molar refractivity (Wildman–Crippen MR) is 102 cm³/mol. The van der Waals surface area contributed by atoms with Crippen LogP contribution in [0.15, 0.2) is 60.7 Å². The SMILES string of the molecule is O=C(O)c1cc(C(=O)N2CCOC(c3ccc(F)cc3)C2)n(-c2ccccc2)n1. The molecular weight excluding hydrogens is 377 g/mol. The van der Waals surface area contributed by atoms with Crippen LogP contribution in [0.5, 0.6) is 0 Å². The lowest BCUT2D eigenvalue weighted by Crippen LogP contribution is -2.42. The Hall–Kier alpha value is -3.52. The first-order valence-electron chi connectivity index (χ1n) is 9.08. The van der Waals surface area contributed by atoms with E-state index in [4.69, 9.17) is 4.74 Å². The molecule has 1 amide bonds. The molecular formula is C21H18FN3O4. The van der Waals surface area contributed by atoms with Gasteiger partial charge < -0.3 is 14.7 Å². The number of halogens is 1. The molecule has 0 spiro atoms. The molecule has 0 aliphatic carbocycles. The van der Waals surface area contributed by atoms with Crippen molar-refractivity contribution < 1.29 is 23.8 Å². The normalized spacial score (nSPS) is 16.6. The maximum Gasteiger partial charge on any atom is 0.356 e. The van der Waals surface area contributed by atoms with E-state index < -0.39 is 5.97 Å². The Labute approximate surface area is 165 Å². The van der Waals surface area contributed by atoms with Crippen LogP contribution in [0.4, 0.5) is 4.39 Å². The number of aromatic nitrogens is 2. The van der Waals surface area contributed by atoms with Gasteiger partial charge in [0.05, 0.1) is 18.8 Å². The molecule has 148 valence electrons. The van der Waals surface area contributed by atoms with Gasteiger partial charge in [-0.2, -0.15) is 5.10 Å². The second-order valence-electron chi connectivity index (χ2n) is 6.63. The molecule has 1 N–H and O–H groups in total. The Morgan fingerprint density at radius 1 is 1.10 bits per heavy atom. The van der Waals surface area contributed by atoms with Gasteiger partial charge >= 0.3 is 5.97 Å². The molecule has 0 saturated carbocycles. The van der Waals surface area contributed by atoms with Gasteiger partial charge in [-0.3, -0.25) is 4.79 Å². The number of amides is 1. The van der Waals surface area contributed by atoms with E-state index >= 15 is 0 Å². The van der Waals surface area contributed by atoms with E-state index in [1.54, 1.807) is 41.3 Å². The van der Waals surface area contributed by atoms with Crippen LogP contribution in [0.2, 0.25) is 0 Å². The van der Waals surface area contributed by atoms with E-state index in [1.807, 2.05) is 6.07 Å². The number of carboxylic acid groups (broad SMARTS) is 1. The number of ether oxygens (including phenoxy) is 1. The van der Waals surface area contributed by atoms with Crippen LogP contribution in [-0.4, -0.2) is 51.4 Å². The molecule has 3 aromatic rings. The van der Waals surface area contributed by atoms with Crippen molar-refractivity contribution in [2.45, 2.75) is 6.10 Å². The van der Waals surface area contributed by atoms with Gasteiger partial charge in [0.2, 0.25) is 0 Å². The number of para-hydroxylation sites is 1. The predicted octanol–water partition coefficient (Wildman–Crippen LogP) is 2.92. The van der Waals surface area contributed by atoms with Gasteiger partial charge in [0, 0.05) is 12.6 Å². The number of carbonyl (C=O) groups is 2. The molecule has 8 heteroatoms. The second-order valence-corrected chi connectivity index (χ2v) is 6.63. The molecule has 4 rings (SSSR count). The van der Waals surface area contributed by atoms with E-state index in [0.717, 1.165) is 5.56 Å². The van der Waals surface area contributed by atoms with E-state index in [9.17, 15) is 19.1 Å². The van der Waals surface area contributed by atoms with E-state index in [-0.39, 0.29) is 35.8 Å². The summed E-state index contributed by atoms with van der Waals surface area (Å²) in [6.07, 6.45) is -0.389. The van der Waals surface area contributed by atoms with E-state index in [0.29, 0.717) is 18.8 Å². The zero-order valence-corrected chi connectivity index (χ0v) is 15.4. The molecule has 0 bridgehead atoms. The maximum absolute atomic E-state index is 13.2. The minimum absolute atomic E-state index is 0.161. The molecule has 0 radical (unpaired) electrons. The van der Waals surface area contributed by atoms with E-state index in [1.165, 1.54) is 22.9 Å². The summed E-state index contributed by atoms with van der Waals surface area (Å²) in [5, 5.41) is 13.4. The third kappa shape index (κ3) is 3.88. The minimum Gasteiger partial charge on any atom is -0.476 e. The molecule has 1 fully saturated rings. The molecule has 2 aromatic carbocycles. The highest BCUT2D eigenvalue weighted by Crippen LogP contribution is 2.24. The third-order valence-corrected chi connectivity index (χ3v) is 4.74. The molecule has 1 atom stereocenters. The number of carbonyl (C=O) groups excluding carboxylic acids is 1. The number of hydrogen-bond donors (Lipinski definition) is 1. The average Bonchev–Trinajstić information content (AvgIpc) is 3.20. The zero-order valence-electron chi connectivity index (χ0n) is 15.4. The monoisotopic (exact) mass is 395 g/mol. The van der Waals surface area contributed by atoms with Gasteiger partial charge in [0.25, 0.3) is 5.91 Å². The highest BCUT2D eigenvalue weighted by molar-refractivity contribution is 5.96. The number of carboxylic acids is 1. The molecule has 1 unspecified atom stereocenters. The fourth-order valence-corrected chi connectivity index (χ4v) is 3.28. The van der Waals surface area contributed by atoms with Crippen LogP contribution < -0.4 is 0 Å². The Balaban J connectivity index is 1.63. The van der Waals surface area contributed by atoms with Crippen LogP contribution in [0.3, 0.4) is 0 Å².